The zero-order valence-electron chi connectivity index (χ0n) is 15.7. The lowest BCUT2D eigenvalue weighted by Gasteiger charge is -2.18. The largest absolute Gasteiger partial charge is 0.494 e. The minimum Gasteiger partial charge on any atom is -0.494 e. The van der Waals surface area contributed by atoms with Crippen molar-refractivity contribution in [1.82, 2.24) is 9.88 Å². The van der Waals surface area contributed by atoms with Crippen molar-refractivity contribution in [2.24, 2.45) is 0 Å². The second kappa shape index (κ2) is 7.81. The van der Waals surface area contributed by atoms with Crippen molar-refractivity contribution in [2.45, 2.75) is 20.0 Å². The second-order valence-electron chi connectivity index (χ2n) is 6.68. The van der Waals surface area contributed by atoms with Crippen molar-refractivity contribution in [3.63, 3.8) is 0 Å². The van der Waals surface area contributed by atoms with Crippen molar-refractivity contribution in [1.29, 1.82) is 0 Å². The molecule has 0 fully saturated rings. The third-order valence-corrected chi connectivity index (χ3v) is 4.98. The summed E-state index contributed by atoms with van der Waals surface area (Å²) < 4.78 is 30.4. The lowest BCUT2D eigenvalue weighted by molar-refractivity contribution is 0.217. The molecule has 2 heterocycles. The van der Waals surface area contributed by atoms with Crippen molar-refractivity contribution < 1.29 is 18.3 Å². The predicted molar refractivity (Wildman–Crippen MR) is 104 cm³/mol. The highest BCUT2D eigenvalue weighted by Crippen LogP contribution is 2.30. The number of halogens is 2. The summed E-state index contributed by atoms with van der Waals surface area (Å²) in [4.78, 5) is 6.87. The molecule has 3 aromatic rings. The first-order valence-corrected chi connectivity index (χ1v) is 9.35. The molecule has 4 rings (SSSR count). The van der Waals surface area contributed by atoms with Crippen LogP contribution in [0.15, 0.2) is 40.8 Å². The summed E-state index contributed by atoms with van der Waals surface area (Å²) in [6.45, 7) is 4.56. The Kier molecular flexibility index (Phi) is 5.24. The summed E-state index contributed by atoms with van der Waals surface area (Å²) in [5.41, 5.74) is 2.56. The minimum absolute atomic E-state index is 0.160. The van der Waals surface area contributed by atoms with E-state index in [1.54, 1.807) is 12.1 Å². The van der Waals surface area contributed by atoms with Gasteiger partial charge >= 0.3 is 0 Å². The number of fused-ring (bicyclic) bond motifs is 1. The van der Waals surface area contributed by atoms with Gasteiger partial charge in [-0.3, -0.25) is 4.90 Å². The van der Waals surface area contributed by atoms with Crippen LogP contribution in [0.2, 0.25) is 5.02 Å². The fraction of sp³-hybridized carbons (Fsp3) is 0.286. The molecule has 0 N–H and O–H groups in total. The van der Waals surface area contributed by atoms with E-state index in [-0.39, 0.29) is 5.75 Å². The van der Waals surface area contributed by atoms with Gasteiger partial charge in [0.05, 0.1) is 12.8 Å². The fourth-order valence-electron chi connectivity index (χ4n) is 3.25. The number of oxazole rings is 1. The summed E-state index contributed by atoms with van der Waals surface area (Å²) >= 11 is 6.13. The van der Waals surface area contributed by atoms with Gasteiger partial charge < -0.3 is 13.9 Å². The maximum atomic E-state index is 13.7. The molecule has 0 spiro atoms. The van der Waals surface area contributed by atoms with Crippen LogP contribution in [0.25, 0.3) is 11.5 Å². The summed E-state index contributed by atoms with van der Waals surface area (Å²) in [6, 6.07) is 10.2. The fourth-order valence-corrected chi connectivity index (χ4v) is 3.45. The van der Waals surface area contributed by atoms with E-state index in [4.69, 9.17) is 25.5 Å². The van der Waals surface area contributed by atoms with Crippen LogP contribution in [0, 0.1) is 12.7 Å². The quantitative estimate of drug-likeness (QED) is 0.624. The molecule has 1 aliphatic rings. The lowest BCUT2D eigenvalue weighted by atomic mass is 10.2. The molecule has 0 unspecified atom stereocenters. The maximum absolute atomic E-state index is 13.7. The van der Waals surface area contributed by atoms with Crippen LogP contribution in [0.3, 0.4) is 0 Å². The SMILES string of the molecule is COc1cc(-c2nc(CN3CCOc4ccc(Cl)cc4C3)c(C)o2)ccc1F. The summed E-state index contributed by atoms with van der Waals surface area (Å²) in [5, 5.41) is 0.689. The molecule has 1 aromatic heterocycles. The Balaban J connectivity index is 1.56. The molecule has 0 bridgehead atoms. The first-order valence-electron chi connectivity index (χ1n) is 8.97. The third kappa shape index (κ3) is 3.84. The highest BCUT2D eigenvalue weighted by molar-refractivity contribution is 6.30. The number of aryl methyl sites for hydroxylation is 1. The van der Waals surface area contributed by atoms with Gasteiger partial charge in [-0.05, 0) is 43.3 Å². The topological polar surface area (TPSA) is 47.7 Å². The van der Waals surface area contributed by atoms with Crippen LogP contribution in [-0.2, 0) is 13.1 Å². The Labute approximate surface area is 167 Å². The molecule has 1 aliphatic heterocycles. The molecular weight excluding hydrogens is 383 g/mol. The van der Waals surface area contributed by atoms with Gasteiger partial charge in [0, 0.05) is 35.8 Å². The monoisotopic (exact) mass is 402 g/mol. The van der Waals surface area contributed by atoms with Gasteiger partial charge in [0.1, 0.15) is 18.1 Å². The van der Waals surface area contributed by atoms with Gasteiger partial charge in [-0.25, -0.2) is 9.37 Å². The molecule has 0 saturated carbocycles. The standard InChI is InChI=1S/C21H20ClFN2O3/c1-13-18(24-21(28-13)14-3-5-17(23)20(10-14)26-2)12-25-7-8-27-19-6-4-16(22)9-15(19)11-25/h3-6,9-10H,7-8,11-12H2,1-2H3. The molecule has 0 aliphatic carbocycles. The molecule has 0 atom stereocenters. The van der Waals surface area contributed by atoms with Gasteiger partial charge in [0.15, 0.2) is 11.6 Å². The van der Waals surface area contributed by atoms with Crippen LogP contribution in [0.1, 0.15) is 17.0 Å². The van der Waals surface area contributed by atoms with Crippen molar-refractivity contribution >= 4 is 11.6 Å². The maximum Gasteiger partial charge on any atom is 0.226 e. The number of hydrogen-bond acceptors (Lipinski definition) is 5. The molecule has 2 aromatic carbocycles. The zero-order valence-corrected chi connectivity index (χ0v) is 16.4. The van der Waals surface area contributed by atoms with Gasteiger partial charge in [0.2, 0.25) is 5.89 Å². The van der Waals surface area contributed by atoms with Crippen LogP contribution in [0.4, 0.5) is 4.39 Å². The molecule has 28 heavy (non-hydrogen) atoms. The van der Waals surface area contributed by atoms with E-state index >= 15 is 0 Å². The number of methoxy groups -OCH3 is 1. The first kappa shape index (κ1) is 18.8. The van der Waals surface area contributed by atoms with Crippen LogP contribution >= 0.6 is 11.6 Å². The second-order valence-corrected chi connectivity index (χ2v) is 7.12. The summed E-state index contributed by atoms with van der Waals surface area (Å²) in [6.07, 6.45) is 0. The van der Waals surface area contributed by atoms with E-state index in [0.29, 0.717) is 36.2 Å². The van der Waals surface area contributed by atoms with Crippen LogP contribution in [0.5, 0.6) is 11.5 Å². The number of hydrogen-bond donors (Lipinski definition) is 0. The lowest BCUT2D eigenvalue weighted by Crippen LogP contribution is -2.25. The van der Waals surface area contributed by atoms with Crippen molar-refractivity contribution in [3.05, 3.63) is 64.3 Å². The Hall–Kier alpha value is -2.57. The Morgan fingerprint density at radius 1 is 1.25 bits per heavy atom. The van der Waals surface area contributed by atoms with E-state index in [1.807, 2.05) is 25.1 Å². The number of aromatic nitrogens is 1. The summed E-state index contributed by atoms with van der Waals surface area (Å²) in [5.74, 6) is 1.78. The van der Waals surface area contributed by atoms with Gasteiger partial charge in [-0.2, -0.15) is 0 Å². The Morgan fingerprint density at radius 3 is 2.93 bits per heavy atom. The molecule has 5 nitrogen and oxygen atoms in total. The molecule has 0 radical (unpaired) electrons. The van der Waals surface area contributed by atoms with E-state index in [0.717, 1.165) is 29.3 Å². The van der Waals surface area contributed by atoms with Gasteiger partial charge in [-0.15, -0.1) is 0 Å². The molecule has 7 heteroatoms. The smallest absolute Gasteiger partial charge is 0.226 e. The van der Waals surface area contributed by atoms with E-state index in [1.165, 1.54) is 13.2 Å². The molecular formula is C21H20ClFN2O3. The average Bonchev–Trinajstić information content (AvgIpc) is 2.92. The van der Waals surface area contributed by atoms with Gasteiger partial charge in [-0.1, -0.05) is 11.6 Å². The predicted octanol–water partition coefficient (Wildman–Crippen LogP) is 4.85. The van der Waals surface area contributed by atoms with E-state index in [9.17, 15) is 4.39 Å². The molecule has 0 amide bonds. The Bertz CT molecular complexity index is 1010. The molecule has 0 saturated heterocycles. The Morgan fingerprint density at radius 2 is 2.11 bits per heavy atom. The normalized spacial score (nSPS) is 14.3. The highest BCUT2D eigenvalue weighted by Gasteiger charge is 2.20. The first-order chi connectivity index (χ1) is 13.5. The average molecular weight is 403 g/mol. The highest BCUT2D eigenvalue weighted by atomic mass is 35.5. The van der Waals surface area contributed by atoms with Gasteiger partial charge in [0.25, 0.3) is 0 Å². The number of rotatable bonds is 4. The van der Waals surface area contributed by atoms with E-state index < -0.39 is 5.82 Å². The van der Waals surface area contributed by atoms with E-state index in [2.05, 4.69) is 9.88 Å². The summed E-state index contributed by atoms with van der Waals surface area (Å²) in [7, 11) is 1.43. The van der Waals surface area contributed by atoms with Crippen molar-refractivity contribution in [3.8, 4) is 23.0 Å². The van der Waals surface area contributed by atoms with Crippen LogP contribution in [-0.4, -0.2) is 30.1 Å². The number of ether oxygens (including phenoxy) is 2. The van der Waals surface area contributed by atoms with Crippen LogP contribution < -0.4 is 9.47 Å². The number of benzene rings is 2. The molecule has 146 valence electrons. The third-order valence-electron chi connectivity index (χ3n) is 4.75. The number of nitrogens with zero attached hydrogens (tertiary/aromatic N) is 2. The minimum atomic E-state index is -0.420. The van der Waals surface area contributed by atoms with Crippen molar-refractivity contribution in [2.75, 3.05) is 20.3 Å². The zero-order chi connectivity index (χ0) is 19.7.